The molecule has 3 rings (SSSR count). The summed E-state index contributed by atoms with van der Waals surface area (Å²) in [6, 6.07) is 9.93. The summed E-state index contributed by atoms with van der Waals surface area (Å²) in [6.07, 6.45) is 1.64. The summed E-state index contributed by atoms with van der Waals surface area (Å²) >= 11 is 6.19. The van der Waals surface area contributed by atoms with E-state index in [0.717, 1.165) is 18.4 Å². The number of halogens is 1. The van der Waals surface area contributed by atoms with Gasteiger partial charge in [0.05, 0.1) is 17.8 Å². The van der Waals surface area contributed by atoms with Gasteiger partial charge in [-0.15, -0.1) is 0 Å². The van der Waals surface area contributed by atoms with Crippen LogP contribution in [-0.2, 0) is 15.4 Å². The van der Waals surface area contributed by atoms with E-state index < -0.39 is 15.9 Å². The van der Waals surface area contributed by atoms with Crippen molar-refractivity contribution in [2.24, 2.45) is 0 Å². The lowest BCUT2D eigenvalue weighted by atomic mass is 9.87. The number of hydrogen-bond acceptors (Lipinski definition) is 4. The SMILES string of the molecule is COc1ccc(C(C)(C)C)cc1NC(=O)c1ccc(Cl)c(S(=O)(=O)N2CCCC2)c1. The molecule has 1 saturated heterocycles. The molecule has 0 atom stereocenters. The van der Waals surface area contributed by atoms with Crippen LogP contribution in [0.25, 0.3) is 0 Å². The van der Waals surface area contributed by atoms with E-state index in [1.54, 1.807) is 6.07 Å². The van der Waals surface area contributed by atoms with E-state index in [9.17, 15) is 13.2 Å². The highest BCUT2D eigenvalue weighted by molar-refractivity contribution is 7.89. The van der Waals surface area contributed by atoms with Crippen LogP contribution < -0.4 is 10.1 Å². The first-order chi connectivity index (χ1) is 14.0. The first-order valence-electron chi connectivity index (χ1n) is 9.83. The zero-order valence-corrected chi connectivity index (χ0v) is 19.2. The highest BCUT2D eigenvalue weighted by atomic mass is 35.5. The molecular formula is C22H27ClN2O4S. The fourth-order valence-corrected chi connectivity index (χ4v) is 5.39. The number of ether oxygens (including phenoxy) is 1. The number of methoxy groups -OCH3 is 1. The molecule has 2 aromatic carbocycles. The lowest BCUT2D eigenvalue weighted by Gasteiger charge is -2.21. The van der Waals surface area contributed by atoms with Crippen molar-refractivity contribution in [2.45, 2.75) is 43.9 Å². The molecule has 0 bridgehead atoms. The molecule has 1 aliphatic rings. The molecule has 6 nitrogen and oxygen atoms in total. The van der Waals surface area contributed by atoms with Gasteiger partial charge in [-0.3, -0.25) is 4.79 Å². The van der Waals surface area contributed by atoms with Gasteiger partial charge in [0, 0.05) is 18.7 Å². The third kappa shape index (κ3) is 4.63. The number of sulfonamides is 1. The highest BCUT2D eigenvalue weighted by Gasteiger charge is 2.30. The fourth-order valence-electron chi connectivity index (χ4n) is 3.38. The van der Waals surface area contributed by atoms with Crippen LogP contribution in [0.5, 0.6) is 5.75 Å². The van der Waals surface area contributed by atoms with Crippen molar-refractivity contribution in [1.82, 2.24) is 4.31 Å². The molecule has 0 unspecified atom stereocenters. The van der Waals surface area contributed by atoms with E-state index in [-0.39, 0.29) is 20.9 Å². The van der Waals surface area contributed by atoms with Gasteiger partial charge >= 0.3 is 0 Å². The van der Waals surface area contributed by atoms with Gasteiger partial charge in [-0.1, -0.05) is 38.4 Å². The van der Waals surface area contributed by atoms with Crippen LogP contribution in [0.2, 0.25) is 5.02 Å². The Morgan fingerprint density at radius 2 is 1.77 bits per heavy atom. The Hall–Kier alpha value is -2.09. The van der Waals surface area contributed by atoms with E-state index in [0.29, 0.717) is 24.5 Å². The van der Waals surface area contributed by atoms with E-state index in [1.165, 1.54) is 29.6 Å². The average molecular weight is 451 g/mol. The molecule has 0 aromatic heterocycles. The number of nitrogens with zero attached hydrogens (tertiary/aromatic N) is 1. The normalized spacial score (nSPS) is 15.2. The van der Waals surface area contributed by atoms with Gasteiger partial charge < -0.3 is 10.1 Å². The Balaban J connectivity index is 1.93. The third-order valence-corrected chi connectivity index (χ3v) is 7.57. The number of amides is 1. The Labute approximate surface area is 183 Å². The molecule has 1 N–H and O–H groups in total. The van der Waals surface area contributed by atoms with Crippen molar-refractivity contribution >= 4 is 33.2 Å². The molecule has 30 heavy (non-hydrogen) atoms. The predicted molar refractivity (Wildman–Crippen MR) is 119 cm³/mol. The average Bonchev–Trinajstić information content (AvgIpc) is 3.23. The monoisotopic (exact) mass is 450 g/mol. The first kappa shape index (κ1) is 22.6. The molecule has 1 aliphatic heterocycles. The number of nitrogens with one attached hydrogen (secondary N) is 1. The number of hydrogen-bond donors (Lipinski definition) is 1. The van der Waals surface area contributed by atoms with Crippen LogP contribution in [0.15, 0.2) is 41.3 Å². The molecule has 0 spiro atoms. The van der Waals surface area contributed by atoms with Crippen molar-refractivity contribution in [2.75, 3.05) is 25.5 Å². The maximum absolute atomic E-state index is 12.9. The van der Waals surface area contributed by atoms with Crippen molar-refractivity contribution in [1.29, 1.82) is 0 Å². The fraction of sp³-hybridized carbons (Fsp3) is 0.409. The van der Waals surface area contributed by atoms with Crippen molar-refractivity contribution in [3.8, 4) is 5.75 Å². The van der Waals surface area contributed by atoms with Crippen LogP contribution in [0.3, 0.4) is 0 Å². The van der Waals surface area contributed by atoms with Crippen LogP contribution in [0.1, 0.15) is 49.5 Å². The van der Waals surface area contributed by atoms with E-state index in [4.69, 9.17) is 16.3 Å². The summed E-state index contributed by atoms with van der Waals surface area (Å²) in [4.78, 5) is 12.9. The topological polar surface area (TPSA) is 75.7 Å². The van der Waals surface area contributed by atoms with Gasteiger partial charge in [0.2, 0.25) is 10.0 Å². The summed E-state index contributed by atoms with van der Waals surface area (Å²) in [5.74, 6) is 0.0872. The van der Waals surface area contributed by atoms with E-state index in [1.807, 2.05) is 12.1 Å². The van der Waals surface area contributed by atoms with Crippen molar-refractivity contribution in [3.63, 3.8) is 0 Å². The minimum Gasteiger partial charge on any atom is -0.495 e. The standard InChI is InChI=1S/C22H27ClN2O4S/c1-22(2,3)16-8-10-19(29-4)18(14-16)24-21(26)15-7-9-17(23)20(13-15)30(27,28)25-11-5-6-12-25/h7-10,13-14H,5-6,11-12H2,1-4H3,(H,24,26). The van der Waals surface area contributed by atoms with Gasteiger partial charge in [0.1, 0.15) is 10.6 Å². The molecule has 1 amide bonds. The minimum atomic E-state index is -3.74. The number of carbonyl (C=O) groups excluding carboxylic acids is 1. The summed E-state index contributed by atoms with van der Waals surface area (Å²) < 4.78 is 32.7. The predicted octanol–water partition coefficient (Wildman–Crippen LogP) is 4.68. The van der Waals surface area contributed by atoms with Crippen LogP contribution >= 0.6 is 11.6 Å². The first-order valence-corrected chi connectivity index (χ1v) is 11.7. The summed E-state index contributed by atoms with van der Waals surface area (Å²) in [5, 5.41) is 2.95. The zero-order chi connectivity index (χ0) is 22.1. The molecule has 2 aromatic rings. The van der Waals surface area contributed by atoms with Crippen LogP contribution in [0, 0.1) is 0 Å². The number of benzene rings is 2. The molecular weight excluding hydrogens is 424 g/mol. The maximum atomic E-state index is 12.9. The molecule has 162 valence electrons. The highest BCUT2D eigenvalue weighted by Crippen LogP contribution is 2.32. The largest absolute Gasteiger partial charge is 0.495 e. The van der Waals surface area contributed by atoms with Crippen molar-refractivity contribution < 1.29 is 17.9 Å². The second kappa shape index (κ2) is 8.57. The van der Waals surface area contributed by atoms with E-state index >= 15 is 0 Å². The number of carbonyl (C=O) groups is 1. The van der Waals surface area contributed by atoms with Gasteiger partial charge in [-0.05, 0) is 54.2 Å². The van der Waals surface area contributed by atoms with Gasteiger partial charge in [-0.2, -0.15) is 4.31 Å². The molecule has 0 aliphatic carbocycles. The molecule has 0 saturated carbocycles. The molecule has 1 heterocycles. The smallest absolute Gasteiger partial charge is 0.255 e. The quantitative estimate of drug-likeness (QED) is 0.717. The van der Waals surface area contributed by atoms with E-state index in [2.05, 4.69) is 26.1 Å². The lowest BCUT2D eigenvalue weighted by molar-refractivity contribution is 0.102. The van der Waals surface area contributed by atoms with Crippen molar-refractivity contribution in [3.05, 3.63) is 52.5 Å². The Kier molecular flexibility index (Phi) is 6.45. The van der Waals surface area contributed by atoms with Gasteiger partial charge in [-0.25, -0.2) is 8.42 Å². The second-order valence-corrected chi connectivity index (χ2v) is 10.7. The Morgan fingerprint density at radius 1 is 1.10 bits per heavy atom. The number of rotatable bonds is 5. The second-order valence-electron chi connectivity index (χ2n) is 8.38. The van der Waals surface area contributed by atoms with Gasteiger partial charge in [0.15, 0.2) is 0 Å². The number of anilines is 1. The van der Waals surface area contributed by atoms with Crippen LogP contribution in [0.4, 0.5) is 5.69 Å². The maximum Gasteiger partial charge on any atom is 0.255 e. The Morgan fingerprint density at radius 3 is 2.37 bits per heavy atom. The summed E-state index contributed by atoms with van der Waals surface area (Å²) in [5.41, 5.74) is 1.66. The summed E-state index contributed by atoms with van der Waals surface area (Å²) in [7, 11) is -2.21. The minimum absolute atomic E-state index is 0.0471. The summed E-state index contributed by atoms with van der Waals surface area (Å²) in [6.45, 7) is 7.16. The molecule has 1 fully saturated rings. The van der Waals surface area contributed by atoms with Crippen LogP contribution in [-0.4, -0.2) is 38.8 Å². The molecule has 8 heteroatoms. The third-order valence-electron chi connectivity index (χ3n) is 5.19. The Bertz CT molecular complexity index is 1060. The van der Waals surface area contributed by atoms with Gasteiger partial charge in [0.25, 0.3) is 5.91 Å². The zero-order valence-electron chi connectivity index (χ0n) is 17.7. The lowest BCUT2D eigenvalue weighted by Crippen LogP contribution is -2.28. The molecule has 0 radical (unpaired) electrons.